The van der Waals surface area contributed by atoms with Crippen LogP contribution in [0.3, 0.4) is 0 Å². The van der Waals surface area contributed by atoms with Gasteiger partial charge in [-0.25, -0.2) is 4.79 Å². The largest absolute Gasteiger partial charge is 0.519 e. The summed E-state index contributed by atoms with van der Waals surface area (Å²) < 4.78 is 10.3. The second kappa shape index (κ2) is 10.1. The van der Waals surface area contributed by atoms with E-state index in [1.807, 2.05) is 20.8 Å². The van der Waals surface area contributed by atoms with Crippen LogP contribution < -0.4 is 17.3 Å². The Labute approximate surface area is 158 Å². The van der Waals surface area contributed by atoms with Gasteiger partial charge in [-0.1, -0.05) is 44.7 Å². The number of nitrogens with two attached hydrogens (primary N) is 2. The first-order valence-electron chi connectivity index (χ1n) is 8.84. The molecule has 5 N–H and O–H groups in total. The van der Waals surface area contributed by atoms with Crippen molar-refractivity contribution in [3.63, 3.8) is 0 Å². The highest BCUT2D eigenvalue weighted by molar-refractivity contribution is 5.74. The van der Waals surface area contributed by atoms with E-state index in [1.54, 1.807) is 36.3 Å². The Bertz CT molecular complexity index is 762. The van der Waals surface area contributed by atoms with Gasteiger partial charge in [0.2, 0.25) is 0 Å². The van der Waals surface area contributed by atoms with Gasteiger partial charge in [-0.3, -0.25) is 9.69 Å². The molecule has 0 radical (unpaired) electrons. The van der Waals surface area contributed by atoms with Gasteiger partial charge >= 0.3 is 11.8 Å². The molecule has 4 atom stereocenters. The molecule has 2 rings (SSSR count). The zero-order valence-electron chi connectivity index (χ0n) is 16.2. The zero-order valence-corrected chi connectivity index (χ0v) is 16.2. The number of carboxylic acid groups (broad SMARTS) is 1. The fourth-order valence-corrected chi connectivity index (χ4v) is 3.14. The Morgan fingerprint density at radius 2 is 1.93 bits per heavy atom. The van der Waals surface area contributed by atoms with Gasteiger partial charge in [0.25, 0.3) is 0 Å². The molecule has 1 aliphatic rings. The lowest BCUT2D eigenvalue weighted by molar-refractivity contribution is -0.151. The van der Waals surface area contributed by atoms with Crippen LogP contribution in [0.1, 0.15) is 32.3 Å². The Morgan fingerprint density at radius 1 is 1.30 bits per heavy atom. The maximum Gasteiger partial charge on any atom is 0.519 e. The van der Waals surface area contributed by atoms with Crippen molar-refractivity contribution < 1.29 is 18.7 Å². The Hall–Kier alpha value is -2.42. The van der Waals surface area contributed by atoms with Crippen LogP contribution in [0.5, 0.6) is 0 Å². The number of nitrogens with zero attached hydrogens (tertiary/aromatic N) is 1. The molecule has 0 saturated heterocycles. The predicted molar refractivity (Wildman–Crippen MR) is 104 cm³/mol. The van der Waals surface area contributed by atoms with E-state index in [2.05, 4.69) is 6.58 Å². The standard InChI is InChI=1S/C17H23N3O5.C2H6/c1-4-6-9(7-5-2)15-10(24-17(23)25-15)8-20(3)14-11(16(21)22)12(18)13(14)19;1-2/h4-7,11-14H,1,8,18-19H2,2-3H3,(H,21,22);1-2H3/b7-5-,9-6+;. The first kappa shape index (κ1) is 22.6. The van der Waals surface area contributed by atoms with Gasteiger partial charge in [0.15, 0.2) is 11.5 Å². The summed E-state index contributed by atoms with van der Waals surface area (Å²) in [6.45, 7) is 9.62. The summed E-state index contributed by atoms with van der Waals surface area (Å²) in [5, 5.41) is 9.31. The van der Waals surface area contributed by atoms with Gasteiger partial charge in [0.1, 0.15) is 0 Å². The molecular formula is C19H29N3O5. The van der Waals surface area contributed by atoms with E-state index < -0.39 is 35.8 Å². The minimum Gasteiger partial charge on any atom is -0.481 e. The number of likely N-dealkylation sites (N-methyl/N-ethyl adjacent to an activating group) is 1. The quantitative estimate of drug-likeness (QED) is 0.607. The average Bonchev–Trinajstić information content (AvgIpc) is 2.99. The summed E-state index contributed by atoms with van der Waals surface area (Å²) in [5.41, 5.74) is 12.4. The van der Waals surface area contributed by atoms with E-state index >= 15 is 0 Å². The number of carboxylic acids is 1. The molecule has 8 heteroatoms. The normalized spacial score (nSPS) is 25.1. The van der Waals surface area contributed by atoms with Crippen LogP contribution in [0.25, 0.3) is 5.57 Å². The van der Waals surface area contributed by atoms with Crippen molar-refractivity contribution in [2.75, 3.05) is 7.05 Å². The van der Waals surface area contributed by atoms with E-state index in [1.165, 1.54) is 0 Å². The summed E-state index contributed by atoms with van der Waals surface area (Å²) >= 11 is 0. The number of allylic oxidation sites excluding steroid dienone is 5. The van der Waals surface area contributed by atoms with E-state index in [0.717, 1.165) is 0 Å². The fourth-order valence-electron chi connectivity index (χ4n) is 3.14. The second-order valence-corrected chi connectivity index (χ2v) is 5.99. The molecule has 150 valence electrons. The van der Waals surface area contributed by atoms with Crippen molar-refractivity contribution >= 4 is 11.5 Å². The van der Waals surface area contributed by atoms with Gasteiger partial charge in [-0.05, 0) is 14.0 Å². The van der Waals surface area contributed by atoms with E-state index in [9.17, 15) is 14.7 Å². The van der Waals surface area contributed by atoms with Crippen LogP contribution in [-0.4, -0.2) is 41.1 Å². The molecule has 0 spiro atoms. The summed E-state index contributed by atoms with van der Waals surface area (Å²) in [6.07, 6.45) is 6.79. The van der Waals surface area contributed by atoms with E-state index in [4.69, 9.17) is 20.3 Å². The third-order valence-corrected chi connectivity index (χ3v) is 4.36. The molecule has 1 saturated carbocycles. The first-order chi connectivity index (χ1) is 12.8. The molecule has 0 aromatic carbocycles. The van der Waals surface area contributed by atoms with Crippen molar-refractivity contribution in [1.82, 2.24) is 4.90 Å². The molecular weight excluding hydrogens is 350 g/mol. The van der Waals surface area contributed by atoms with Crippen LogP contribution in [-0.2, 0) is 11.3 Å². The highest BCUT2D eigenvalue weighted by atomic mass is 16.6. The highest BCUT2D eigenvalue weighted by Crippen LogP contribution is 2.32. The van der Waals surface area contributed by atoms with Crippen molar-refractivity contribution in [3.05, 3.63) is 53.0 Å². The number of hydrogen-bond acceptors (Lipinski definition) is 7. The SMILES string of the molecule is C=C/C=C(\C=C/C)c1oc(=O)oc1CN(C)C1C(N)C(N)C1C(=O)O.CC. The van der Waals surface area contributed by atoms with Gasteiger partial charge in [0.05, 0.1) is 12.5 Å². The molecule has 8 nitrogen and oxygen atoms in total. The van der Waals surface area contributed by atoms with Crippen LogP contribution in [0.15, 0.2) is 44.5 Å². The van der Waals surface area contributed by atoms with Crippen LogP contribution in [0.4, 0.5) is 0 Å². The van der Waals surface area contributed by atoms with Gasteiger partial charge < -0.3 is 25.4 Å². The Balaban J connectivity index is 0.00000176. The molecule has 1 heterocycles. The summed E-state index contributed by atoms with van der Waals surface area (Å²) in [7, 11) is 1.70. The second-order valence-electron chi connectivity index (χ2n) is 5.99. The molecule has 1 aromatic rings. The summed E-state index contributed by atoms with van der Waals surface area (Å²) in [4.78, 5) is 24.7. The molecule has 4 unspecified atom stereocenters. The first-order valence-corrected chi connectivity index (χ1v) is 8.84. The lowest BCUT2D eigenvalue weighted by Crippen LogP contribution is -2.74. The maximum absolute atomic E-state index is 11.6. The smallest absolute Gasteiger partial charge is 0.481 e. The Morgan fingerprint density at radius 3 is 2.44 bits per heavy atom. The van der Waals surface area contributed by atoms with Crippen molar-refractivity contribution in [1.29, 1.82) is 0 Å². The topological polar surface area (TPSA) is 136 Å². The van der Waals surface area contributed by atoms with Crippen molar-refractivity contribution in [3.8, 4) is 0 Å². The minimum atomic E-state index is -0.999. The number of rotatable bonds is 7. The monoisotopic (exact) mass is 379 g/mol. The summed E-state index contributed by atoms with van der Waals surface area (Å²) in [5.74, 6) is -2.04. The molecule has 27 heavy (non-hydrogen) atoms. The van der Waals surface area contributed by atoms with Crippen LogP contribution in [0, 0.1) is 5.92 Å². The zero-order chi connectivity index (χ0) is 20.7. The fraction of sp³-hybridized carbons (Fsp3) is 0.474. The van der Waals surface area contributed by atoms with Crippen LogP contribution >= 0.6 is 0 Å². The molecule has 1 fully saturated rings. The lowest BCUT2D eigenvalue weighted by atomic mass is 9.70. The molecule has 0 amide bonds. The third-order valence-electron chi connectivity index (χ3n) is 4.36. The molecule has 0 aliphatic heterocycles. The number of aliphatic carboxylic acids is 1. The van der Waals surface area contributed by atoms with E-state index in [-0.39, 0.29) is 18.1 Å². The lowest BCUT2D eigenvalue weighted by Gasteiger charge is -2.50. The van der Waals surface area contributed by atoms with Gasteiger partial charge in [-0.2, -0.15) is 0 Å². The molecule has 1 aliphatic carbocycles. The van der Waals surface area contributed by atoms with Gasteiger partial charge in [0, 0.05) is 23.7 Å². The van der Waals surface area contributed by atoms with Crippen molar-refractivity contribution in [2.24, 2.45) is 17.4 Å². The number of hydrogen-bond donors (Lipinski definition) is 3. The minimum absolute atomic E-state index is 0.155. The molecule has 1 aromatic heterocycles. The maximum atomic E-state index is 11.6. The Kier molecular flexibility index (Phi) is 8.42. The predicted octanol–water partition coefficient (Wildman–Crippen LogP) is 1.57. The molecule has 0 bridgehead atoms. The number of carbonyl (C=O) groups is 1. The average molecular weight is 379 g/mol. The van der Waals surface area contributed by atoms with Gasteiger partial charge in [-0.15, -0.1) is 0 Å². The highest BCUT2D eigenvalue weighted by Gasteiger charge is 2.52. The third kappa shape index (κ3) is 4.85. The van der Waals surface area contributed by atoms with Crippen molar-refractivity contribution in [2.45, 2.75) is 45.4 Å². The van der Waals surface area contributed by atoms with E-state index in [0.29, 0.717) is 5.57 Å². The van der Waals surface area contributed by atoms with Crippen LogP contribution in [0.2, 0.25) is 0 Å². The summed E-state index contributed by atoms with van der Waals surface area (Å²) in [6, 6.07) is -1.55.